The lowest BCUT2D eigenvalue weighted by atomic mass is 10.2. The van der Waals surface area contributed by atoms with E-state index in [0.717, 1.165) is 17.7 Å². The van der Waals surface area contributed by atoms with E-state index in [-0.39, 0.29) is 4.90 Å². The molecule has 0 saturated carbocycles. The van der Waals surface area contributed by atoms with E-state index in [2.05, 4.69) is 4.98 Å². The van der Waals surface area contributed by atoms with Crippen molar-refractivity contribution in [3.05, 3.63) is 60.2 Å². The molecule has 112 valence electrons. The Morgan fingerprint density at radius 1 is 1.10 bits per heavy atom. The Balaban J connectivity index is 2.14. The Kier molecular flexibility index (Phi) is 5.03. The van der Waals surface area contributed by atoms with E-state index >= 15 is 0 Å². The van der Waals surface area contributed by atoms with Crippen LogP contribution in [0.25, 0.3) is 0 Å². The zero-order chi connectivity index (χ0) is 15.3. The number of likely N-dealkylation sites (N-methyl/N-ethyl adjacent to an activating group) is 1. The predicted molar refractivity (Wildman–Crippen MR) is 78.8 cm³/mol. The highest BCUT2D eigenvalue weighted by Crippen LogP contribution is 2.16. The second-order valence-electron chi connectivity index (χ2n) is 4.56. The minimum Gasteiger partial charge on any atom is -0.265 e. The lowest BCUT2D eigenvalue weighted by Crippen LogP contribution is -2.32. The third kappa shape index (κ3) is 3.86. The lowest BCUT2D eigenvalue weighted by Gasteiger charge is -2.20. The van der Waals surface area contributed by atoms with Gasteiger partial charge in [-0.15, -0.1) is 0 Å². The Morgan fingerprint density at radius 3 is 2.29 bits per heavy atom. The van der Waals surface area contributed by atoms with Gasteiger partial charge >= 0.3 is 0 Å². The summed E-state index contributed by atoms with van der Waals surface area (Å²) in [7, 11) is -3.59. The maximum Gasteiger partial charge on any atom is 0.243 e. The second-order valence-corrected chi connectivity index (χ2v) is 6.49. The minimum atomic E-state index is -3.59. The zero-order valence-corrected chi connectivity index (χ0v) is 12.6. The number of benzene rings is 1. The molecule has 0 aliphatic heterocycles. The molecule has 0 atom stereocenters. The normalized spacial score (nSPS) is 11.8. The molecule has 2 aromatic rings. The van der Waals surface area contributed by atoms with Gasteiger partial charge in [-0.3, -0.25) is 4.98 Å². The number of rotatable bonds is 6. The second kappa shape index (κ2) is 6.78. The number of halogens is 1. The van der Waals surface area contributed by atoms with Crippen LogP contribution in [0.1, 0.15) is 12.5 Å². The van der Waals surface area contributed by atoms with Crippen molar-refractivity contribution in [2.24, 2.45) is 0 Å². The van der Waals surface area contributed by atoms with Crippen molar-refractivity contribution in [2.45, 2.75) is 18.2 Å². The first-order valence-electron chi connectivity index (χ1n) is 6.68. The average Bonchev–Trinajstić information content (AvgIpc) is 2.49. The summed E-state index contributed by atoms with van der Waals surface area (Å²) in [6.07, 6.45) is 3.97. The predicted octanol–water partition coefficient (Wildman–Crippen LogP) is 2.47. The molecule has 0 aliphatic rings. The van der Waals surface area contributed by atoms with Crippen molar-refractivity contribution < 1.29 is 12.8 Å². The molecule has 0 unspecified atom stereocenters. The Bertz CT molecular complexity index is 673. The van der Waals surface area contributed by atoms with E-state index in [9.17, 15) is 12.8 Å². The first-order chi connectivity index (χ1) is 10.0. The van der Waals surface area contributed by atoms with Gasteiger partial charge in [0, 0.05) is 25.5 Å². The molecule has 1 aromatic carbocycles. The number of sulfonamides is 1. The summed E-state index contributed by atoms with van der Waals surface area (Å²) in [6, 6.07) is 8.61. The van der Waals surface area contributed by atoms with Crippen molar-refractivity contribution in [1.29, 1.82) is 0 Å². The van der Waals surface area contributed by atoms with Crippen LogP contribution in [0.2, 0.25) is 0 Å². The van der Waals surface area contributed by atoms with E-state index in [4.69, 9.17) is 0 Å². The maximum atomic E-state index is 12.9. The molecule has 1 heterocycles. The number of pyridine rings is 1. The SMILES string of the molecule is CCN(CCc1ccncc1)S(=O)(=O)c1ccc(F)cc1. The smallest absolute Gasteiger partial charge is 0.243 e. The number of aromatic nitrogens is 1. The van der Waals surface area contributed by atoms with E-state index < -0.39 is 15.8 Å². The van der Waals surface area contributed by atoms with E-state index in [1.807, 2.05) is 12.1 Å². The van der Waals surface area contributed by atoms with E-state index in [0.29, 0.717) is 19.5 Å². The van der Waals surface area contributed by atoms with Gasteiger partial charge in [-0.05, 0) is 48.4 Å². The Morgan fingerprint density at radius 2 is 1.71 bits per heavy atom. The van der Waals surface area contributed by atoms with Crippen LogP contribution in [0.5, 0.6) is 0 Å². The third-order valence-electron chi connectivity index (χ3n) is 3.20. The van der Waals surface area contributed by atoms with Crippen LogP contribution in [0.4, 0.5) is 4.39 Å². The van der Waals surface area contributed by atoms with Crippen LogP contribution in [-0.4, -0.2) is 30.8 Å². The van der Waals surface area contributed by atoms with Crippen LogP contribution < -0.4 is 0 Å². The van der Waals surface area contributed by atoms with Gasteiger partial charge in [0.15, 0.2) is 0 Å². The van der Waals surface area contributed by atoms with Gasteiger partial charge in [-0.2, -0.15) is 4.31 Å². The zero-order valence-electron chi connectivity index (χ0n) is 11.7. The summed E-state index contributed by atoms with van der Waals surface area (Å²) in [6.45, 7) is 2.53. The van der Waals surface area contributed by atoms with Crippen molar-refractivity contribution in [1.82, 2.24) is 9.29 Å². The highest BCUT2D eigenvalue weighted by Gasteiger charge is 2.22. The van der Waals surface area contributed by atoms with Gasteiger partial charge in [-0.25, -0.2) is 12.8 Å². The van der Waals surface area contributed by atoms with E-state index in [1.165, 1.54) is 16.4 Å². The molecule has 21 heavy (non-hydrogen) atoms. The summed E-state index contributed by atoms with van der Waals surface area (Å²) in [5.41, 5.74) is 1.03. The average molecular weight is 308 g/mol. The standard InChI is InChI=1S/C15H17FN2O2S/c1-2-18(12-9-13-7-10-17-11-8-13)21(19,20)15-5-3-14(16)4-6-15/h3-8,10-11H,2,9,12H2,1H3. The van der Waals surface area contributed by atoms with Gasteiger partial charge in [-0.1, -0.05) is 6.92 Å². The molecule has 0 aliphatic carbocycles. The number of hydrogen-bond donors (Lipinski definition) is 0. The fourth-order valence-electron chi connectivity index (χ4n) is 2.01. The number of nitrogens with zero attached hydrogens (tertiary/aromatic N) is 2. The first kappa shape index (κ1) is 15.6. The highest BCUT2D eigenvalue weighted by molar-refractivity contribution is 7.89. The van der Waals surface area contributed by atoms with Crippen LogP contribution in [0.3, 0.4) is 0 Å². The van der Waals surface area contributed by atoms with Gasteiger partial charge in [0.1, 0.15) is 5.82 Å². The molecular formula is C15H17FN2O2S. The molecule has 0 fully saturated rings. The quantitative estimate of drug-likeness (QED) is 0.824. The summed E-state index contributed by atoms with van der Waals surface area (Å²) < 4.78 is 39.3. The minimum absolute atomic E-state index is 0.112. The number of hydrogen-bond acceptors (Lipinski definition) is 3. The van der Waals surface area contributed by atoms with Crippen LogP contribution in [-0.2, 0) is 16.4 Å². The maximum absolute atomic E-state index is 12.9. The topological polar surface area (TPSA) is 50.3 Å². The monoisotopic (exact) mass is 308 g/mol. The molecular weight excluding hydrogens is 291 g/mol. The van der Waals surface area contributed by atoms with Crippen LogP contribution in [0.15, 0.2) is 53.7 Å². The lowest BCUT2D eigenvalue weighted by molar-refractivity contribution is 0.431. The van der Waals surface area contributed by atoms with Gasteiger partial charge in [0.25, 0.3) is 0 Å². The molecule has 0 radical (unpaired) electrons. The summed E-state index contributed by atoms with van der Waals surface area (Å²) in [5.74, 6) is -0.450. The van der Waals surface area contributed by atoms with Crippen LogP contribution in [0, 0.1) is 5.82 Å². The van der Waals surface area contributed by atoms with Gasteiger partial charge in [0.05, 0.1) is 4.90 Å². The van der Waals surface area contributed by atoms with Gasteiger partial charge in [0.2, 0.25) is 10.0 Å². The van der Waals surface area contributed by atoms with Crippen molar-refractivity contribution >= 4 is 10.0 Å². The molecule has 0 amide bonds. The summed E-state index contributed by atoms with van der Waals surface area (Å²) in [5, 5.41) is 0. The van der Waals surface area contributed by atoms with Crippen molar-refractivity contribution in [2.75, 3.05) is 13.1 Å². The largest absolute Gasteiger partial charge is 0.265 e. The van der Waals surface area contributed by atoms with Crippen molar-refractivity contribution in [3.63, 3.8) is 0 Å². The third-order valence-corrected chi connectivity index (χ3v) is 5.19. The molecule has 0 spiro atoms. The molecule has 0 bridgehead atoms. The molecule has 0 N–H and O–H groups in total. The van der Waals surface area contributed by atoms with Crippen LogP contribution >= 0.6 is 0 Å². The van der Waals surface area contributed by atoms with Crippen molar-refractivity contribution in [3.8, 4) is 0 Å². The summed E-state index contributed by atoms with van der Waals surface area (Å²) >= 11 is 0. The fourth-order valence-corrected chi connectivity index (χ4v) is 3.46. The highest BCUT2D eigenvalue weighted by atomic mass is 32.2. The fraction of sp³-hybridized carbons (Fsp3) is 0.267. The molecule has 2 rings (SSSR count). The molecule has 0 saturated heterocycles. The Hall–Kier alpha value is -1.79. The first-order valence-corrected chi connectivity index (χ1v) is 8.12. The van der Waals surface area contributed by atoms with Gasteiger partial charge < -0.3 is 0 Å². The Labute approximate surface area is 124 Å². The molecule has 4 nitrogen and oxygen atoms in total. The van der Waals surface area contributed by atoms with E-state index in [1.54, 1.807) is 19.3 Å². The summed E-state index contributed by atoms with van der Waals surface area (Å²) in [4.78, 5) is 4.04. The molecule has 1 aromatic heterocycles. The molecule has 6 heteroatoms.